The summed E-state index contributed by atoms with van der Waals surface area (Å²) in [6.07, 6.45) is 0. The molecule has 0 bridgehead atoms. The van der Waals surface area contributed by atoms with Gasteiger partial charge in [-0.25, -0.2) is 0 Å². The first kappa shape index (κ1) is 15.5. The van der Waals surface area contributed by atoms with Crippen molar-refractivity contribution < 1.29 is 4.74 Å². The molecule has 0 radical (unpaired) electrons. The first-order chi connectivity index (χ1) is 9.13. The van der Waals surface area contributed by atoms with E-state index in [0.717, 1.165) is 19.1 Å². The van der Waals surface area contributed by atoms with E-state index in [-0.39, 0.29) is 0 Å². The van der Waals surface area contributed by atoms with Gasteiger partial charge in [-0.3, -0.25) is 4.99 Å². The molecule has 0 saturated carbocycles. The lowest BCUT2D eigenvalue weighted by atomic mass is 10.2. The van der Waals surface area contributed by atoms with Gasteiger partial charge in [-0.15, -0.1) is 0 Å². The molecule has 4 nitrogen and oxygen atoms in total. The lowest BCUT2D eigenvalue weighted by molar-refractivity contribution is 0.0930. The predicted octanol–water partition coefficient (Wildman–Crippen LogP) is 1.98. The third-order valence-corrected chi connectivity index (χ3v) is 2.76. The highest BCUT2D eigenvalue weighted by Gasteiger charge is 2.05. The van der Waals surface area contributed by atoms with Gasteiger partial charge in [0.15, 0.2) is 5.96 Å². The van der Waals surface area contributed by atoms with Crippen molar-refractivity contribution in [3.63, 3.8) is 0 Å². The minimum absolute atomic E-state index is 0.445. The largest absolute Gasteiger partial charge is 0.376 e. The molecule has 0 aliphatic rings. The maximum absolute atomic E-state index is 5.71. The summed E-state index contributed by atoms with van der Waals surface area (Å²) in [5.74, 6) is 1.34. The summed E-state index contributed by atoms with van der Waals surface area (Å²) in [5.41, 5.74) is 1.21. The second kappa shape index (κ2) is 8.53. The molecule has 1 atom stereocenters. The first-order valence-electron chi connectivity index (χ1n) is 6.63. The van der Waals surface area contributed by atoms with Crippen LogP contribution in [0.15, 0.2) is 35.3 Å². The highest BCUT2D eigenvalue weighted by atomic mass is 16.5. The fourth-order valence-electron chi connectivity index (χ4n) is 1.71. The van der Waals surface area contributed by atoms with Gasteiger partial charge >= 0.3 is 0 Å². The van der Waals surface area contributed by atoms with Gasteiger partial charge < -0.3 is 15.0 Å². The fourth-order valence-corrected chi connectivity index (χ4v) is 1.71. The quantitative estimate of drug-likeness (QED) is 0.630. The van der Waals surface area contributed by atoms with E-state index in [2.05, 4.69) is 29.4 Å². The Balaban J connectivity index is 2.20. The van der Waals surface area contributed by atoms with Crippen LogP contribution in [0.1, 0.15) is 12.5 Å². The number of rotatable bonds is 6. The van der Waals surface area contributed by atoms with Gasteiger partial charge in [0.1, 0.15) is 0 Å². The SMILES string of the molecule is CN=C(NCC(C)COCc1ccccc1)N(C)C. The Bertz CT molecular complexity index is 376. The second-order valence-electron chi connectivity index (χ2n) is 4.93. The monoisotopic (exact) mass is 263 g/mol. The fraction of sp³-hybridized carbons (Fsp3) is 0.533. The number of nitrogens with one attached hydrogen (secondary N) is 1. The summed E-state index contributed by atoms with van der Waals surface area (Å²) in [5, 5.41) is 3.31. The smallest absolute Gasteiger partial charge is 0.193 e. The molecular weight excluding hydrogens is 238 g/mol. The van der Waals surface area contributed by atoms with E-state index < -0.39 is 0 Å². The van der Waals surface area contributed by atoms with Crippen molar-refractivity contribution in [2.75, 3.05) is 34.3 Å². The summed E-state index contributed by atoms with van der Waals surface area (Å²) in [6.45, 7) is 4.44. The average Bonchev–Trinajstić information content (AvgIpc) is 2.40. The molecule has 4 heteroatoms. The third-order valence-electron chi connectivity index (χ3n) is 2.76. The number of aliphatic imine (C=N–C) groups is 1. The molecule has 0 fully saturated rings. The van der Waals surface area contributed by atoms with Gasteiger partial charge in [0.25, 0.3) is 0 Å². The number of ether oxygens (including phenoxy) is 1. The second-order valence-corrected chi connectivity index (χ2v) is 4.93. The van der Waals surface area contributed by atoms with E-state index in [1.807, 2.05) is 37.2 Å². The number of nitrogens with zero attached hydrogens (tertiary/aromatic N) is 2. The molecule has 0 aromatic heterocycles. The zero-order chi connectivity index (χ0) is 14.1. The van der Waals surface area contributed by atoms with Gasteiger partial charge in [0.2, 0.25) is 0 Å². The van der Waals surface area contributed by atoms with Gasteiger partial charge in [0, 0.05) is 27.7 Å². The lowest BCUT2D eigenvalue weighted by Crippen LogP contribution is -2.39. The van der Waals surface area contributed by atoms with Crippen LogP contribution < -0.4 is 5.32 Å². The van der Waals surface area contributed by atoms with Gasteiger partial charge in [0.05, 0.1) is 13.2 Å². The zero-order valence-electron chi connectivity index (χ0n) is 12.4. The van der Waals surface area contributed by atoms with Gasteiger partial charge in [-0.1, -0.05) is 37.3 Å². The Morgan fingerprint density at radius 2 is 2.00 bits per heavy atom. The summed E-state index contributed by atoms with van der Waals surface area (Å²) in [7, 11) is 5.75. The minimum Gasteiger partial charge on any atom is -0.376 e. The van der Waals surface area contributed by atoms with Crippen LogP contribution >= 0.6 is 0 Å². The van der Waals surface area contributed by atoms with Crippen LogP contribution in [0.3, 0.4) is 0 Å². The molecule has 106 valence electrons. The summed E-state index contributed by atoms with van der Waals surface area (Å²) in [6, 6.07) is 10.2. The van der Waals surface area contributed by atoms with Crippen molar-refractivity contribution in [1.82, 2.24) is 10.2 Å². The molecule has 0 spiro atoms. The summed E-state index contributed by atoms with van der Waals surface area (Å²) in [4.78, 5) is 6.15. The van der Waals surface area contributed by atoms with E-state index in [9.17, 15) is 0 Å². The van der Waals surface area contributed by atoms with Crippen molar-refractivity contribution in [3.05, 3.63) is 35.9 Å². The molecule has 1 N–H and O–H groups in total. The van der Waals surface area contributed by atoms with E-state index in [0.29, 0.717) is 12.5 Å². The third kappa shape index (κ3) is 6.25. The van der Waals surface area contributed by atoms with Crippen LogP contribution in [0, 0.1) is 5.92 Å². The highest BCUT2D eigenvalue weighted by Crippen LogP contribution is 2.02. The molecule has 0 amide bonds. The van der Waals surface area contributed by atoms with E-state index in [4.69, 9.17) is 4.74 Å². The Kier molecular flexibility index (Phi) is 6.97. The Labute approximate surface area is 116 Å². The number of benzene rings is 1. The van der Waals surface area contributed by atoms with E-state index >= 15 is 0 Å². The van der Waals surface area contributed by atoms with Crippen LogP contribution in [0.2, 0.25) is 0 Å². The molecule has 1 unspecified atom stereocenters. The van der Waals surface area contributed by atoms with E-state index in [1.165, 1.54) is 5.56 Å². The maximum Gasteiger partial charge on any atom is 0.193 e. The molecule has 1 aromatic rings. The van der Waals surface area contributed by atoms with Crippen LogP contribution in [0.5, 0.6) is 0 Å². The van der Waals surface area contributed by atoms with Crippen molar-refractivity contribution in [1.29, 1.82) is 0 Å². The Hall–Kier alpha value is -1.55. The molecular formula is C15H25N3O. The molecule has 0 heterocycles. The minimum atomic E-state index is 0.445. The average molecular weight is 263 g/mol. The number of hydrogen-bond acceptors (Lipinski definition) is 2. The lowest BCUT2D eigenvalue weighted by Gasteiger charge is -2.19. The summed E-state index contributed by atoms with van der Waals surface area (Å²) < 4.78 is 5.71. The van der Waals surface area contributed by atoms with Crippen molar-refractivity contribution >= 4 is 5.96 Å². The van der Waals surface area contributed by atoms with Crippen molar-refractivity contribution in [2.24, 2.45) is 10.9 Å². The zero-order valence-corrected chi connectivity index (χ0v) is 12.4. The molecule has 0 saturated heterocycles. The molecule has 19 heavy (non-hydrogen) atoms. The topological polar surface area (TPSA) is 36.9 Å². The Morgan fingerprint density at radius 3 is 2.58 bits per heavy atom. The molecule has 0 aliphatic carbocycles. The standard InChI is InChI=1S/C15H25N3O/c1-13(10-17-15(16-2)18(3)4)11-19-12-14-8-6-5-7-9-14/h5-9,13H,10-12H2,1-4H3,(H,16,17). The van der Waals surface area contributed by atoms with Crippen LogP contribution in [-0.2, 0) is 11.3 Å². The van der Waals surface area contributed by atoms with Crippen molar-refractivity contribution in [2.45, 2.75) is 13.5 Å². The number of guanidine groups is 1. The van der Waals surface area contributed by atoms with Crippen molar-refractivity contribution in [3.8, 4) is 0 Å². The van der Waals surface area contributed by atoms with Gasteiger partial charge in [-0.05, 0) is 11.5 Å². The van der Waals surface area contributed by atoms with Crippen LogP contribution in [0.4, 0.5) is 0 Å². The number of hydrogen-bond donors (Lipinski definition) is 1. The molecule has 1 aromatic carbocycles. The van der Waals surface area contributed by atoms with Crippen LogP contribution in [0.25, 0.3) is 0 Å². The summed E-state index contributed by atoms with van der Waals surface area (Å²) >= 11 is 0. The van der Waals surface area contributed by atoms with E-state index in [1.54, 1.807) is 7.05 Å². The molecule has 1 rings (SSSR count). The maximum atomic E-state index is 5.71. The van der Waals surface area contributed by atoms with Crippen LogP contribution in [-0.4, -0.2) is 45.2 Å². The Morgan fingerprint density at radius 1 is 1.32 bits per heavy atom. The predicted molar refractivity (Wildman–Crippen MR) is 80.3 cm³/mol. The first-order valence-corrected chi connectivity index (χ1v) is 6.63. The highest BCUT2D eigenvalue weighted by molar-refractivity contribution is 5.79. The molecule has 0 aliphatic heterocycles. The normalized spacial score (nSPS) is 13.2. The van der Waals surface area contributed by atoms with Gasteiger partial charge in [-0.2, -0.15) is 0 Å².